The van der Waals surface area contributed by atoms with Crippen molar-refractivity contribution in [2.75, 3.05) is 13.2 Å². The van der Waals surface area contributed by atoms with Gasteiger partial charge in [0.1, 0.15) is 0 Å². The Hall–Kier alpha value is -0.580. The number of aliphatic hydroxyl groups excluding tert-OH is 1. The monoisotopic (exact) mass is 301 g/mol. The van der Waals surface area contributed by atoms with E-state index >= 15 is 0 Å². The van der Waals surface area contributed by atoms with Crippen LogP contribution in [0.15, 0.2) is 0 Å². The number of aryl methyl sites for hydroxylation is 2. The van der Waals surface area contributed by atoms with Crippen molar-refractivity contribution in [3.8, 4) is 0 Å². The summed E-state index contributed by atoms with van der Waals surface area (Å²) in [7, 11) is 0. The first-order chi connectivity index (χ1) is 9.43. The molecule has 1 rings (SSSR count). The number of unbranched alkanes of at least 4 members (excludes halogenated alkanes) is 1. The summed E-state index contributed by atoms with van der Waals surface area (Å²) >= 11 is 6.14. The highest BCUT2D eigenvalue weighted by Gasteiger charge is 2.21. The fraction of sp³-hybridized carbons (Fsp3) is 0.800. The number of aliphatic hydroxyl groups is 1. The zero-order valence-corrected chi connectivity index (χ0v) is 13.9. The zero-order valence-electron chi connectivity index (χ0n) is 13.2. The predicted molar refractivity (Wildman–Crippen MR) is 84.3 cm³/mol. The van der Waals surface area contributed by atoms with Gasteiger partial charge in [-0.1, -0.05) is 18.5 Å². The molecule has 1 aromatic rings. The molecule has 0 radical (unpaired) electrons. The van der Waals surface area contributed by atoms with Crippen molar-refractivity contribution >= 4 is 11.6 Å². The maximum atomic E-state index is 9.51. The lowest BCUT2D eigenvalue weighted by Crippen LogP contribution is -2.46. The van der Waals surface area contributed by atoms with Gasteiger partial charge < -0.3 is 10.4 Å². The summed E-state index contributed by atoms with van der Waals surface area (Å²) in [6.45, 7) is 10.2. The SMILES string of the molecule is CCCNC(C)(CO)CCCCn1nc(C)c(Cl)c1C. The van der Waals surface area contributed by atoms with Crippen molar-refractivity contribution in [1.82, 2.24) is 15.1 Å². The average Bonchev–Trinajstić information content (AvgIpc) is 2.69. The van der Waals surface area contributed by atoms with Crippen LogP contribution in [-0.2, 0) is 6.54 Å². The molecule has 0 aromatic carbocycles. The van der Waals surface area contributed by atoms with E-state index in [1.165, 1.54) is 0 Å². The molecule has 1 atom stereocenters. The summed E-state index contributed by atoms with van der Waals surface area (Å²) in [6, 6.07) is 0. The Kier molecular flexibility index (Phi) is 7.00. The number of nitrogens with one attached hydrogen (secondary N) is 1. The Morgan fingerprint density at radius 3 is 2.55 bits per heavy atom. The lowest BCUT2D eigenvalue weighted by Gasteiger charge is -2.28. The lowest BCUT2D eigenvalue weighted by molar-refractivity contribution is 0.162. The Labute approximate surface area is 127 Å². The molecule has 0 bridgehead atoms. The van der Waals surface area contributed by atoms with E-state index in [1.807, 2.05) is 18.5 Å². The smallest absolute Gasteiger partial charge is 0.0844 e. The highest BCUT2D eigenvalue weighted by molar-refractivity contribution is 6.31. The Bertz CT molecular complexity index is 419. The van der Waals surface area contributed by atoms with Crippen molar-refractivity contribution in [3.05, 3.63) is 16.4 Å². The van der Waals surface area contributed by atoms with Gasteiger partial charge in [0.2, 0.25) is 0 Å². The predicted octanol–water partition coefficient (Wildman–Crippen LogP) is 3.07. The van der Waals surface area contributed by atoms with Gasteiger partial charge in [0.15, 0.2) is 0 Å². The van der Waals surface area contributed by atoms with E-state index in [-0.39, 0.29) is 12.1 Å². The van der Waals surface area contributed by atoms with Crippen LogP contribution >= 0.6 is 11.6 Å². The third kappa shape index (κ3) is 4.76. The van der Waals surface area contributed by atoms with Crippen LogP contribution in [0.4, 0.5) is 0 Å². The van der Waals surface area contributed by atoms with Crippen LogP contribution in [0.1, 0.15) is 50.9 Å². The maximum absolute atomic E-state index is 9.51. The van der Waals surface area contributed by atoms with Crippen LogP contribution in [0, 0.1) is 13.8 Å². The largest absolute Gasteiger partial charge is 0.394 e. The Morgan fingerprint density at radius 1 is 1.35 bits per heavy atom. The topological polar surface area (TPSA) is 50.1 Å². The molecule has 0 fully saturated rings. The Balaban J connectivity index is 2.38. The molecule has 0 amide bonds. The van der Waals surface area contributed by atoms with E-state index in [4.69, 9.17) is 11.6 Å². The molecule has 5 heteroatoms. The van der Waals surface area contributed by atoms with Crippen LogP contribution in [0.25, 0.3) is 0 Å². The van der Waals surface area contributed by atoms with Crippen LogP contribution in [-0.4, -0.2) is 33.6 Å². The number of hydrogen-bond donors (Lipinski definition) is 2. The number of aromatic nitrogens is 2. The number of rotatable bonds is 9. The maximum Gasteiger partial charge on any atom is 0.0844 e. The molecule has 0 aliphatic rings. The van der Waals surface area contributed by atoms with E-state index in [1.54, 1.807) is 0 Å². The second-order valence-electron chi connectivity index (χ2n) is 5.81. The highest BCUT2D eigenvalue weighted by atomic mass is 35.5. The Morgan fingerprint density at radius 2 is 2.05 bits per heavy atom. The number of nitrogens with zero attached hydrogens (tertiary/aromatic N) is 2. The molecular formula is C15H28ClN3O. The molecule has 1 heterocycles. The number of hydrogen-bond acceptors (Lipinski definition) is 3. The van der Waals surface area contributed by atoms with E-state index in [9.17, 15) is 5.11 Å². The van der Waals surface area contributed by atoms with Crippen LogP contribution in [0.2, 0.25) is 5.02 Å². The van der Waals surface area contributed by atoms with Gasteiger partial charge in [-0.2, -0.15) is 5.10 Å². The molecule has 4 nitrogen and oxygen atoms in total. The molecule has 1 unspecified atom stereocenters. The minimum atomic E-state index is -0.164. The van der Waals surface area contributed by atoms with Crippen molar-refractivity contribution in [3.63, 3.8) is 0 Å². The molecule has 0 aliphatic heterocycles. The molecule has 0 saturated heterocycles. The van der Waals surface area contributed by atoms with Gasteiger partial charge in [-0.15, -0.1) is 0 Å². The van der Waals surface area contributed by atoms with E-state index in [0.717, 1.165) is 55.2 Å². The minimum absolute atomic E-state index is 0.164. The average molecular weight is 302 g/mol. The third-order valence-electron chi connectivity index (χ3n) is 3.79. The van der Waals surface area contributed by atoms with Crippen molar-refractivity contribution in [1.29, 1.82) is 0 Å². The molecule has 1 aromatic heterocycles. The van der Waals surface area contributed by atoms with Gasteiger partial charge >= 0.3 is 0 Å². The van der Waals surface area contributed by atoms with Crippen molar-refractivity contribution < 1.29 is 5.11 Å². The standard InChI is InChI=1S/C15H28ClN3O/c1-5-9-17-15(4,11-20)8-6-7-10-19-13(3)14(16)12(2)18-19/h17,20H,5-11H2,1-4H3. The quantitative estimate of drug-likeness (QED) is 0.689. The fourth-order valence-corrected chi connectivity index (χ4v) is 2.45. The molecule has 116 valence electrons. The van der Waals surface area contributed by atoms with E-state index in [0.29, 0.717) is 0 Å². The van der Waals surface area contributed by atoms with Gasteiger partial charge in [-0.3, -0.25) is 4.68 Å². The molecule has 0 saturated carbocycles. The zero-order chi connectivity index (χ0) is 15.2. The number of halogens is 1. The molecule has 20 heavy (non-hydrogen) atoms. The van der Waals surface area contributed by atoms with Gasteiger partial charge in [-0.05, 0) is 53.0 Å². The summed E-state index contributed by atoms with van der Waals surface area (Å²) in [5, 5.41) is 18.1. The van der Waals surface area contributed by atoms with E-state index < -0.39 is 0 Å². The van der Waals surface area contributed by atoms with Gasteiger partial charge in [0.05, 0.1) is 23.0 Å². The first kappa shape index (κ1) is 17.5. The fourth-order valence-electron chi connectivity index (χ4n) is 2.32. The lowest BCUT2D eigenvalue weighted by atomic mass is 9.95. The van der Waals surface area contributed by atoms with Gasteiger partial charge in [0.25, 0.3) is 0 Å². The van der Waals surface area contributed by atoms with E-state index in [2.05, 4.69) is 24.3 Å². The molecular weight excluding hydrogens is 274 g/mol. The summed E-state index contributed by atoms with van der Waals surface area (Å²) in [6.07, 6.45) is 4.15. The van der Waals surface area contributed by atoms with Gasteiger partial charge in [-0.25, -0.2) is 0 Å². The van der Waals surface area contributed by atoms with Crippen LogP contribution < -0.4 is 5.32 Å². The second kappa shape index (κ2) is 8.01. The minimum Gasteiger partial charge on any atom is -0.394 e. The summed E-state index contributed by atoms with van der Waals surface area (Å²) in [5.41, 5.74) is 1.77. The first-order valence-corrected chi connectivity index (χ1v) is 7.86. The normalized spacial score (nSPS) is 14.5. The van der Waals surface area contributed by atoms with Gasteiger partial charge in [0, 0.05) is 12.1 Å². The molecule has 2 N–H and O–H groups in total. The summed E-state index contributed by atoms with van der Waals surface area (Å²) in [4.78, 5) is 0. The second-order valence-corrected chi connectivity index (χ2v) is 6.19. The van der Waals surface area contributed by atoms with Crippen molar-refractivity contribution in [2.24, 2.45) is 0 Å². The van der Waals surface area contributed by atoms with Crippen LogP contribution in [0.3, 0.4) is 0 Å². The highest BCUT2D eigenvalue weighted by Crippen LogP contribution is 2.20. The van der Waals surface area contributed by atoms with Crippen LogP contribution in [0.5, 0.6) is 0 Å². The first-order valence-electron chi connectivity index (χ1n) is 7.49. The molecule has 0 aliphatic carbocycles. The summed E-state index contributed by atoms with van der Waals surface area (Å²) in [5.74, 6) is 0. The third-order valence-corrected chi connectivity index (χ3v) is 4.34. The molecule has 0 spiro atoms. The summed E-state index contributed by atoms with van der Waals surface area (Å²) < 4.78 is 1.98. The van der Waals surface area contributed by atoms with Crippen molar-refractivity contribution in [2.45, 2.75) is 65.5 Å².